The lowest BCUT2D eigenvalue weighted by Gasteiger charge is -2.10. The number of hydrogen-bond acceptors (Lipinski definition) is 3. The fourth-order valence-corrected chi connectivity index (χ4v) is 1.46. The second kappa shape index (κ2) is 4.35. The standard InChI is InChI=1S/C12H16N4/c1-9(2)11-8-10(3)13-12(14-11)15-16-6-4-5-7-16/h4-9H,1-3H3,(H,13,14,15). The van der Waals surface area contributed by atoms with Gasteiger partial charge in [-0.25, -0.2) is 9.97 Å². The molecule has 0 amide bonds. The molecule has 0 saturated carbocycles. The van der Waals surface area contributed by atoms with Crippen LogP contribution < -0.4 is 5.43 Å². The van der Waals surface area contributed by atoms with Crippen molar-refractivity contribution in [2.75, 3.05) is 5.43 Å². The van der Waals surface area contributed by atoms with Crippen LogP contribution in [0.4, 0.5) is 5.95 Å². The van der Waals surface area contributed by atoms with Crippen molar-refractivity contribution in [2.24, 2.45) is 0 Å². The first kappa shape index (κ1) is 10.7. The lowest BCUT2D eigenvalue weighted by atomic mass is 10.1. The van der Waals surface area contributed by atoms with Crippen LogP contribution >= 0.6 is 0 Å². The van der Waals surface area contributed by atoms with E-state index >= 15 is 0 Å². The van der Waals surface area contributed by atoms with Gasteiger partial charge in [-0.3, -0.25) is 10.1 Å². The van der Waals surface area contributed by atoms with Gasteiger partial charge >= 0.3 is 0 Å². The van der Waals surface area contributed by atoms with E-state index < -0.39 is 0 Å². The molecule has 0 atom stereocenters. The van der Waals surface area contributed by atoms with Crippen LogP contribution in [0.25, 0.3) is 0 Å². The van der Waals surface area contributed by atoms with Gasteiger partial charge in [0.15, 0.2) is 0 Å². The van der Waals surface area contributed by atoms with E-state index in [1.807, 2.05) is 42.2 Å². The van der Waals surface area contributed by atoms with E-state index in [9.17, 15) is 0 Å². The maximum atomic E-state index is 4.46. The van der Waals surface area contributed by atoms with Crippen molar-refractivity contribution in [2.45, 2.75) is 26.7 Å². The number of nitrogens with one attached hydrogen (secondary N) is 1. The van der Waals surface area contributed by atoms with Crippen LogP contribution in [0.15, 0.2) is 30.6 Å². The van der Waals surface area contributed by atoms with Crippen LogP contribution in [0.5, 0.6) is 0 Å². The molecule has 0 aromatic carbocycles. The third-order valence-electron chi connectivity index (χ3n) is 2.30. The molecule has 2 aromatic rings. The van der Waals surface area contributed by atoms with Gasteiger partial charge in [0, 0.05) is 23.8 Å². The largest absolute Gasteiger partial charge is 0.268 e. The Morgan fingerprint density at radius 2 is 1.88 bits per heavy atom. The minimum Gasteiger partial charge on any atom is -0.268 e. The van der Waals surface area contributed by atoms with Gasteiger partial charge in [0.05, 0.1) is 0 Å². The predicted molar refractivity (Wildman–Crippen MR) is 64.3 cm³/mol. The highest BCUT2D eigenvalue weighted by Gasteiger charge is 2.05. The van der Waals surface area contributed by atoms with Crippen LogP contribution in [0.2, 0.25) is 0 Å². The van der Waals surface area contributed by atoms with Crippen LogP contribution in [-0.2, 0) is 0 Å². The fourth-order valence-electron chi connectivity index (χ4n) is 1.46. The summed E-state index contributed by atoms with van der Waals surface area (Å²) in [5.41, 5.74) is 5.15. The maximum absolute atomic E-state index is 4.46. The lowest BCUT2D eigenvalue weighted by Crippen LogP contribution is -2.11. The molecule has 2 rings (SSSR count). The molecular weight excluding hydrogens is 200 g/mol. The van der Waals surface area contributed by atoms with Gasteiger partial charge in [-0.15, -0.1) is 0 Å². The summed E-state index contributed by atoms with van der Waals surface area (Å²) in [7, 11) is 0. The summed E-state index contributed by atoms with van der Waals surface area (Å²) >= 11 is 0. The van der Waals surface area contributed by atoms with Crippen LogP contribution in [-0.4, -0.2) is 14.6 Å². The Kier molecular flexibility index (Phi) is 2.90. The van der Waals surface area contributed by atoms with Crippen molar-refractivity contribution in [3.8, 4) is 0 Å². The Bertz CT molecular complexity index is 460. The van der Waals surface area contributed by atoms with E-state index in [1.54, 1.807) is 0 Å². The SMILES string of the molecule is Cc1cc(C(C)C)nc(Nn2cccc2)n1. The van der Waals surface area contributed by atoms with E-state index in [0.29, 0.717) is 11.9 Å². The number of anilines is 1. The Morgan fingerprint density at radius 3 is 2.50 bits per heavy atom. The van der Waals surface area contributed by atoms with Crippen molar-refractivity contribution in [3.63, 3.8) is 0 Å². The van der Waals surface area contributed by atoms with Crippen molar-refractivity contribution in [1.29, 1.82) is 0 Å². The second-order valence-corrected chi connectivity index (χ2v) is 4.11. The third-order valence-corrected chi connectivity index (χ3v) is 2.30. The minimum absolute atomic E-state index is 0.409. The van der Waals surface area contributed by atoms with Gasteiger partial charge in [0.2, 0.25) is 5.95 Å². The Labute approximate surface area is 95.3 Å². The average molecular weight is 216 g/mol. The zero-order valence-electron chi connectivity index (χ0n) is 9.81. The maximum Gasteiger partial charge on any atom is 0.242 e. The molecule has 0 saturated heterocycles. The predicted octanol–water partition coefficient (Wildman–Crippen LogP) is 2.59. The summed E-state index contributed by atoms with van der Waals surface area (Å²) in [5.74, 6) is 1.05. The summed E-state index contributed by atoms with van der Waals surface area (Å²) in [6, 6.07) is 5.92. The molecular formula is C12H16N4. The first-order valence-corrected chi connectivity index (χ1v) is 5.41. The number of rotatable bonds is 3. The quantitative estimate of drug-likeness (QED) is 0.857. The zero-order chi connectivity index (χ0) is 11.5. The number of nitrogens with zero attached hydrogens (tertiary/aromatic N) is 3. The number of hydrogen-bond donors (Lipinski definition) is 1. The van der Waals surface area contributed by atoms with Gasteiger partial charge in [-0.1, -0.05) is 13.8 Å². The van der Waals surface area contributed by atoms with E-state index in [2.05, 4.69) is 29.2 Å². The molecule has 4 heteroatoms. The van der Waals surface area contributed by atoms with E-state index in [1.165, 1.54) is 0 Å². The molecule has 1 N–H and O–H groups in total. The third kappa shape index (κ3) is 2.39. The molecule has 0 spiro atoms. The highest BCUT2D eigenvalue weighted by Crippen LogP contribution is 2.14. The molecule has 0 aliphatic rings. The highest BCUT2D eigenvalue weighted by atomic mass is 15.4. The summed E-state index contributed by atoms with van der Waals surface area (Å²) < 4.78 is 1.83. The molecule has 2 aromatic heterocycles. The van der Waals surface area contributed by atoms with Gasteiger partial charge in [0.1, 0.15) is 0 Å². The lowest BCUT2D eigenvalue weighted by molar-refractivity contribution is 0.801. The average Bonchev–Trinajstić information content (AvgIpc) is 2.69. The van der Waals surface area contributed by atoms with E-state index in [-0.39, 0.29) is 0 Å². The molecule has 2 heterocycles. The van der Waals surface area contributed by atoms with Crippen molar-refractivity contribution >= 4 is 5.95 Å². The van der Waals surface area contributed by atoms with Crippen LogP contribution in [0, 0.1) is 6.92 Å². The number of aryl methyl sites for hydroxylation is 1. The van der Waals surface area contributed by atoms with Gasteiger partial charge in [-0.2, -0.15) is 0 Å². The van der Waals surface area contributed by atoms with Gasteiger partial charge < -0.3 is 0 Å². The number of aromatic nitrogens is 3. The van der Waals surface area contributed by atoms with Gasteiger partial charge in [-0.05, 0) is 31.0 Å². The highest BCUT2D eigenvalue weighted by molar-refractivity contribution is 5.29. The minimum atomic E-state index is 0.409. The molecule has 0 bridgehead atoms. The molecule has 84 valence electrons. The molecule has 4 nitrogen and oxygen atoms in total. The summed E-state index contributed by atoms with van der Waals surface area (Å²) in [6.07, 6.45) is 3.83. The monoisotopic (exact) mass is 216 g/mol. The second-order valence-electron chi connectivity index (χ2n) is 4.11. The normalized spacial score (nSPS) is 10.8. The topological polar surface area (TPSA) is 42.7 Å². The van der Waals surface area contributed by atoms with Crippen molar-refractivity contribution < 1.29 is 0 Å². The molecule has 0 aliphatic heterocycles. The fraction of sp³-hybridized carbons (Fsp3) is 0.333. The smallest absolute Gasteiger partial charge is 0.242 e. The van der Waals surface area contributed by atoms with Crippen molar-refractivity contribution in [3.05, 3.63) is 42.0 Å². The molecule has 0 radical (unpaired) electrons. The van der Waals surface area contributed by atoms with E-state index in [4.69, 9.17) is 0 Å². The Hall–Kier alpha value is -1.84. The zero-order valence-corrected chi connectivity index (χ0v) is 9.81. The van der Waals surface area contributed by atoms with E-state index in [0.717, 1.165) is 11.4 Å². The molecule has 0 fully saturated rings. The summed E-state index contributed by atoms with van der Waals surface area (Å²) in [6.45, 7) is 6.23. The summed E-state index contributed by atoms with van der Waals surface area (Å²) in [4.78, 5) is 8.81. The van der Waals surface area contributed by atoms with Crippen molar-refractivity contribution in [1.82, 2.24) is 14.6 Å². The van der Waals surface area contributed by atoms with Gasteiger partial charge in [0.25, 0.3) is 0 Å². The summed E-state index contributed by atoms with van der Waals surface area (Å²) in [5, 5.41) is 0. The molecule has 0 unspecified atom stereocenters. The Morgan fingerprint density at radius 1 is 1.19 bits per heavy atom. The van der Waals surface area contributed by atoms with Crippen LogP contribution in [0.3, 0.4) is 0 Å². The first-order valence-electron chi connectivity index (χ1n) is 5.41. The molecule has 16 heavy (non-hydrogen) atoms. The first-order chi connectivity index (χ1) is 7.65. The van der Waals surface area contributed by atoms with Crippen LogP contribution in [0.1, 0.15) is 31.2 Å². The molecule has 0 aliphatic carbocycles. The Balaban J connectivity index is 2.27.